The first-order valence-electron chi connectivity index (χ1n) is 5.58. The summed E-state index contributed by atoms with van der Waals surface area (Å²) in [6.45, 7) is 0. The molecule has 1 aromatic heterocycles. The number of hydrogen-bond donors (Lipinski definition) is 2. The van der Waals surface area contributed by atoms with Crippen LogP contribution in [-0.4, -0.2) is 18.1 Å². The molecule has 2 aromatic rings. The summed E-state index contributed by atoms with van der Waals surface area (Å²) in [6, 6.07) is 7.47. The lowest BCUT2D eigenvalue weighted by molar-refractivity contribution is 0.0594. The highest BCUT2D eigenvalue weighted by Crippen LogP contribution is 2.24. The first-order valence-corrected chi connectivity index (χ1v) is 6.37. The van der Waals surface area contributed by atoms with Crippen molar-refractivity contribution in [1.29, 1.82) is 0 Å². The van der Waals surface area contributed by atoms with Gasteiger partial charge in [0.05, 0.1) is 17.3 Å². The van der Waals surface area contributed by atoms with Gasteiger partial charge in [0.15, 0.2) is 11.5 Å². The number of pyridine rings is 1. The summed E-state index contributed by atoms with van der Waals surface area (Å²) in [5.74, 6) is -0.734. The van der Waals surface area contributed by atoms with Gasteiger partial charge in [-0.15, -0.1) is 0 Å². The summed E-state index contributed by atoms with van der Waals surface area (Å²) in [7, 11) is 1.26. The first kappa shape index (κ1) is 14.3. The second-order valence-electron chi connectivity index (χ2n) is 3.88. The topological polar surface area (TPSA) is 77.2 Å². The Kier molecular flexibility index (Phi) is 4.19. The van der Waals surface area contributed by atoms with Gasteiger partial charge in [0, 0.05) is 5.69 Å². The Labute approximate surface area is 123 Å². The Morgan fingerprint density at radius 3 is 2.80 bits per heavy atom. The van der Waals surface area contributed by atoms with Crippen molar-refractivity contribution in [2.45, 2.75) is 0 Å². The number of nitrogens with one attached hydrogen (secondary N) is 1. The molecule has 5 nitrogen and oxygen atoms in total. The molecule has 0 saturated heterocycles. The van der Waals surface area contributed by atoms with Crippen molar-refractivity contribution >= 4 is 39.1 Å². The second-order valence-corrected chi connectivity index (χ2v) is 4.73. The largest absolute Gasteiger partial charge is 0.464 e. The van der Waals surface area contributed by atoms with Gasteiger partial charge in [0.2, 0.25) is 0 Å². The lowest BCUT2D eigenvalue weighted by Crippen LogP contribution is -2.08. The summed E-state index contributed by atoms with van der Waals surface area (Å²) in [4.78, 5) is 15.5. The fourth-order valence-electron chi connectivity index (χ4n) is 1.50. The number of ether oxygens (including phenoxy) is 1. The average Bonchev–Trinajstić information content (AvgIpc) is 2.44. The van der Waals surface area contributed by atoms with Gasteiger partial charge < -0.3 is 15.8 Å². The van der Waals surface area contributed by atoms with Crippen LogP contribution in [0.25, 0.3) is 0 Å². The van der Waals surface area contributed by atoms with Crippen LogP contribution in [0.5, 0.6) is 0 Å². The molecular weight excluding hydrogens is 329 g/mol. The van der Waals surface area contributed by atoms with Crippen LogP contribution in [0.3, 0.4) is 0 Å². The summed E-state index contributed by atoms with van der Waals surface area (Å²) in [6.07, 6.45) is 0. The number of carbonyl (C=O) groups is 1. The standard InChI is InChI=1S/C13H11BrFN3O2/c1-20-13(19)11-5-4-10(16)12(18-11)17-7-2-3-8(14)9(15)6-7/h2-6H,16H2,1H3,(H,17,18). The Hall–Kier alpha value is -2.15. The molecule has 0 amide bonds. The fourth-order valence-corrected chi connectivity index (χ4v) is 1.75. The van der Waals surface area contributed by atoms with Crippen molar-refractivity contribution in [2.75, 3.05) is 18.2 Å². The highest BCUT2D eigenvalue weighted by Gasteiger charge is 2.11. The summed E-state index contributed by atoms with van der Waals surface area (Å²) < 4.78 is 18.4. The number of rotatable bonds is 3. The smallest absolute Gasteiger partial charge is 0.356 e. The van der Waals surface area contributed by atoms with E-state index in [-0.39, 0.29) is 11.5 Å². The quantitative estimate of drug-likeness (QED) is 0.840. The van der Waals surface area contributed by atoms with Gasteiger partial charge in [-0.3, -0.25) is 0 Å². The number of anilines is 3. The Morgan fingerprint density at radius 2 is 2.15 bits per heavy atom. The molecule has 104 valence electrons. The second kappa shape index (κ2) is 5.87. The zero-order valence-corrected chi connectivity index (χ0v) is 12.1. The third kappa shape index (κ3) is 3.05. The van der Waals surface area contributed by atoms with Crippen molar-refractivity contribution in [3.63, 3.8) is 0 Å². The molecule has 0 unspecified atom stereocenters. The number of methoxy groups -OCH3 is 1. The number of halogens is 2. The Bertz CT molecular complexity index is 664. The predicted octanol–water partition coefficient (Wildman–Crippen LogP) is 3.10. The molecule has 0 spiro atoms. The number of hydrogen-bond acceptors (Lipinski definition) is 5. The molecule has 0 radical (unpaired) electrons. The molecule has 0 fully saturated rings. The zero-order valence-electron chi connectivity index (χ0n) is 10.5. The summed E-state index contributed by atoms with van der Waals surface area (Å²) in [5, 5.41) is 2.85. The third-order valence-corrected chi connectivity index (χ3v) is 3.15. The van der Waals surface area contributed by atoms with Crippen LogP contribution in [-0.2, 0) is 4.74 Å². The minimum absolute atomic E-state index is 0.113. The highest BCUT2D eigenvalue weighted by molar-refractivity contribution is 9.10. The van der Waals surface area contributed by atoms with Gasteiger partial charge in [-0.25, -0.2) is 14.2 Å². The predicted molar refractivity (Wildman–Crippen MR) is 77.4 cm³/mol. The maximum atomic E-state index is 13.4. The van der Waals surface area contributed by atoms with E-state index in [4.69, 9.17) is 5.73 Å². The van der Waals surface area contributed by atoms with Crippen molar-refractivity contribution in [1.82, 2.24) is 4.98 Å². The molecule has 0 aliphatic carbocycles. The molecular formula is C13H11BrFN3O2. The normalized spacial score (nSPS) is 10.2. The van der Waals surface area contributed by atoms with Gasteiger partial charge in [0.25, 0.3) is 0 Å². The maximum absolute atomic E-state index is 13.4. The van der Waals surface area contributed by atoms with Gasteiger partial charge in [0.1, 0.15) is 5.82 Å². The lowest BCUT2D eigenvalue weighted by Gasteiger charge is -2.10. The van der Waals surface area contributed by atoms with Crippen LogP contribution in [0.4, 0.5) is 21.6 Å². The maximum Gasteiger partial charge on any atom is 0.356 e. The van der Waals surface area contributed by atoms with E-state index in [0.717, 1.165) is 0 Å². The van der Waals surface area contributed by atoms with E-state index < -0.39 is 11.8 Å². The number of benzene rings is 1. The van der Waals surface area contributed by atoms with E-state index in [1.165, 1.54) is 25.3 Å². The van der Waals surface area contributed by atoms with Crippen molar-refractivity contribution in [2.24, 2.45) is 0 Å². The number of nitrogens with two attached hydrogens (primary N) is 1. The number of aromatic nitrogens is 1. The number of esters is 1. The SMILES string of the molecule is COC(=O)c1ccc(N)c(Nc2ccc(Br)c(F)c2)n1. The molecule has 1 heterocycles. The van der Waals surface area contributed by atoms with Crippen LogP contribution in [0.15, 0.2) is 34.8 Å². The van der Waals surface area contributed by atoms with E-state index in [1.807, 2.05) is 0 Å². The zero-order chi connectivity index (χ0) is 14.7. The van der Waals surface area contributed by atoms with E-state index in [9.17, 15) is 9.18 Å². The molecule has 0 aliphatic heterocycles. The minimum Gasteiger partial charge on any atom is -0.464 e. The molecule has 0 saturated carbocycles. The molecule has 0 bridgehead atoms. The Morgan fingerprint density at radius 1 is 1.40 bits per heavy atom. The number of nitrogen functional groups attached to an aromatic ring is 1. The van der Waals surface area contributed by atoms with Gasteiger partial charge in [-0.2, -0.15) is 0 Å². The van der Waals surface area contributed by atoms with Gasteiger partial charge >= 0.3 is 5.97 Å². The van der Waals surface area contributed by atoms with Crippen LogP contribution >= 0.6 is 15.9 Å². The molecule has 2 rings (SSSR count). The monoisotopic (exact) mass is 339 g/mol. The molecule has 7 heteroatoms. The van der Waals surface area contributed by atoms with E-state index in [2.05, 4.69) is 31.0 Å². The first-order chi connectivity index (χ1) is 9.51. The fraction of sp³-hybridized carbons (Fsp3) is 0.0769. The average molecular weight is 340 g/mol. The van der Waals surface area contributed by atoms with Crippen molar-refractivity contribution < 1.29 is 13.9 Å². The molecule has 1 aromatic carbocycles. The summed E-state index contributed by atoms with van der Waals surface area (Å²) >= 11 is 3.06. The lowest BCUT2D eigenvalue weighted by atomic mass is 10.3. The van der Waals surface area contributed by atoms with Crippen LogP contribution in [0.2, 0.25) is 0 Å². The molecule has 0 aliphatic rings. The van der Waals surface area contributed by atoms with E-state index in [1.54, 1.807) is 12.1 Å². The number of carbonyl (C=O) groups excluding carboxylic acids is 1. The number of nitrogens with zero attached hydrogens (tertiary/aromatic N) is 1. The molecule has 0 atom stereocenters. The van der Waals surface area contributed by atoms with E-state index in [0.29, 0.717) is 15.8 Å². The van der Waals surface area contributed by atoms with E-state index >= 15 is 0 Å². The van der Waals surface area contributed by atoms with Crippen molar-refractivity contribution in [3.8, 4) is 0 Å². The van der Waals surface area contributed by atoms with Crippen molar-refractivity contribution in [3.05, 3.63) is 46.3 Å². The molecule has 3 N–H and O–H groups in total. The third-order valence-electron chi connectivity index (χ3n) is 2.50. The van der Waals surface area contributed by atoms with Gasteiger partial charge in [-0.05, 0) is 46.3 Å². The summed E-state index contributed by atoms with van der Waals surface area (Å²) in [5.41, 5.74) is 6.68. The Balaban J connectivity index is 2.32. The highest BCUT2D eigenvalue weighted by atomic mass is 79.9. The van der Waals surface area contributed by atoms with Crippen LogP contribution in [0.1, 0.15) is 10.5 Å². The van der Waals surface area contributed by atoms with Crippen LogP contribution < -0.4 is 11.1 Å². The minimum atomic E-state index is -0.574. The molecule has 20 heavy (non-hydrogen) atoms. The van der Waals surface area contributed by atoms with Crippen LogP contribution in [0, 0.1) is 5.82 Å². The van der Waals surface area contributed by atoms with Gasteiger partial charge in [-0.1, -0.05) is 0 Å².